The molecule has 0 fully saturated rings. The summed E-state index contributed by atoms with van der Waals surface area (Å²) in [6.07, 6.45) is 2.98. The zero-order chi connectivity index (χ0) is 15.4. The average Bonchev–Trinajstić information content (AvgIpc) is 3.25. The molecule has 0 aliphatic carbocycles. The molecule has 3 rings (SSSR count). The van der Waals surface area contributed by atoms with Crippen molar-refractivity contribution in [2.24, 2.45) is 0 Å². The van der Waals surface area contributed by atoms with Gasteiger partial charge in [-0.2, -0.15) is 0 Å². The largest absolute Gasteiger partial charge is 0.467 e. The van der Waals surface area contributed by atoms with Crippen molar-refractivity contribution in [3.8, 4) is 0 Å². The van der Waals surface area contributed by atoms with Gasteiger partial charge in [-0.3, -0.25) is 9.59 Å². The molecule has 0 saturated heterocycles. The lowest BCUT2D eigenvalue weighted by Gasteiger charge is -2.01. The Hall–Kier alpha value is -2.80. The number of rotatable bonds is 5. The third-order valence-electron chi connectivity index (χ3n) is 2.81. The summed E-state index contributed by atoms with van der Waals surface area (Å²) in [7, 11) is 0. The molecule has 7 heteroatoms. The lowest BCUT2D eigenvalue weighted by molar-refractivity contribution is 0.0950. The van der Waals surface area contributed by atoms with Crippen LogP contribution in [-0.2, 0) is 6.54 Å². The van der Waals surface area contributed by atoms with Crippen LogP contribution in [0.4, 0.5) is 5.00 Å². The van der Waals surface area contributed by atoms with E-state index in [2.05, 4.69) is 10.6 Å². The van der Waals surface area contributed by atoms with E-state index in [-0.39, 0.29) is 17.6 Å². The topological polar surface area (TPSA) is 84.5 Å². The van der Waals surface area contributed by atoms with Gasteiger partial charge in [0.25, 0.3) is 11.8 Å². The van der Waals surface area contributed by atoms with Crippen molar-refractivity contribution < 1.29 is 18.4 Å². The first-order valence-corrected chi connectivity index (χ1v) is 7.29. The first-order valence-electron chi connectivity index (χ1n) is 6.47. The zero-order valence-electron chi connectivity index (χ0n) is 11.4. The summed E-state index contributed by atoms with van der Waals surface area (Å²) in [5.74, 6) is 0.322. The highest BCUT2D eigenvalue weighted by atomic mass is 32.1. The zero-order valence-corrected chi connectivity index (χ0v) is 12.2. The van der Waals surface area contributed by atoms with Gasteiger partial charge < -0.3 is 19.5 Å². The van der Waals surface area contributed by atoms with E-state index >= 15 is 0 Å². The average molecular weight is 316 g/mol. The van der Waals surface area contributed by atoms with Gasteiger partial charge in [0.1, 0.15) is 5.76 Å². The minimum atomic E-state index is -0.352. The fourth-order valence-electron chi connectivity index (χ4n) is 1.78. The van der Waals surface area contributed by atoms with E-state index in [1.165, 1.54) is 17.6 Å². The Labute approximate surface area is 129 Å². The van der Waals surface area contributed by atoms with Crippen LogP contribution in [0, 0.1) is 0 Å². The predicted octanol–water partition coefficient (Wildman–Crippen LogP) is 3.12. The van der Waals surface area contributed by atoms with Crippen molar-refractivity contribution in [1.29, 1.82) is 0 Å². The summed E-state index contributed by atoms with van der Waals surface area (Å²) in [6.45, 7) is 0.317. The van der Waals surface area contributed by atoms with Crippen molar-refractivity contribution in [1.82, 2.24) is 5.32 Å². The molecule has 3 aromatic heterocycles. The molecule has 22 heavy (non-hydrogen) atoms. The number of carbonyl (C=O) groups is 2. The monoisotopic (exact) mass is 316 g/mol. The van der Waals surface area contributed by atoms with Crippen LogP contribution in [0.15, 0.2) is 57.8 Å². The maximum atomic E-state index is 12.0. The first-order chi connectivity index (χ1) is 10.7. The van der Waals surface area contributed by atoms with Gasteiger partial charge in [0, 0.05) is 0 Å². The summed E-state index contributed by atoms with van der Waals surface area (Å²) in [5, 5.41) is 5.99. The first kappa shape index (κ1) is 14.2. The molecule has 0 atom stereocenters. The SMILES string of the molecule is O=C(Nc1ccc(C(=O)NCc2ccco2)s1)c1ccco1. The second-order valence-corrected chi connectivity index (χ2v) is 5.44. The summed E-state index contributed by atoms with van der Waals surface area (Å²) >= 11 is 1.19. The number of carbonyl (C=O) groups excluding carboxylic acids is 2. The Bertz CT molecular complexity index is 759. The molecule has 6 nitrogen and oxygen atoms in total. The van der Waals surface area contributed by atoms with Gasteiger partial charge in [0.05, 0.1) is 28.9 Å². The van der Waals surface area contributed by atoms with E-state index in [4.69, 9.17) is 8.83 Å². The number of furan rings is 2. The van der Waals surface area contributed by atoms with E-state index < -0.39 is 0 Å². The Morgan fingerprint density at radius 1 is 1.00 bits per heavy atom. The van der Waals surface area contributed by atoms with Crippen molar-refractivity contribution in [3.05, 3.63) is 65.3 Å². The standard InChI is InChI=1S/C15H12N2O4S/c18-14(11-4-2-8-21-11)17-13-6-5-12(22-13)15(19)16-9-10-3-1-7-20-10/h1-8H,9H2,(H,16,19)(H,17,18). The van der Waals surface area contributed by atoms with Crippen molar-refractivity contribution in [2.75, 3.05) is 5.32 Å². The molecular weight excluding hydrogens is 304 g/mol. The van der Waals surface area contributed by atoms with Gasteiger partial charge >= 0.3 is 0 Å². The summed E-state index contributed by atoms with van der Waals surface area (Å²) < 4.78 is 10.1. The maximum Gasteiger partial charge on any atom is 0.291 e. The molecule has 0 bridgehead atoms. The molecule has 0 unspecified atom stereocenters. The van der Waals surface area contributed by atoms with Gasteiger partial charge in [0.2, 0.25) is 0 Å². The van der Waals surface area contributed by atoms with Crippen LogP contribution in [0.25, 0.3) is 0 Å². The molecule has 0 aliphatic heterocycles. The number of hydrogen-bond acceptors (Lipinski definition) is 5. The highest BCUT2D eigenvalue weighted by Crippen LogP contribution is 2.22. The summed E-state index contributed by atoms with van der Waals surface area (Å²) in [6, 6.07) is 10.1. The summed E-state index contributed by atoms with van der Waals surface area (Å²) in [5.41, 5.74) is 0. The van der Waals surface area contributed by atoms with Crippen LogP contribution in [0.2, 0.25) is 0 Å². The van der Waals surface area contributed by atoms with Crippen LogP contribution in [0.5, 0.6) is 0 Å². The summed E-state index contributed by atoms with van der Waals surface area (Å²) in [4.78, 5) is 24.3. The Kier molecular flexibility index (Phi) is 4.06. The van der Waals surface area contributed by atoms with E-state index in [1.54, 1.807) is 42.7 Å². The number of anilines is 1. The lowest BCUT2D eigenvalue weighted by Crippen LogP contribution is -2.21. The maximum absolute atomic E-state index is 12.0. The van der Waals surface area contributed by atoms with E-state index in [0.717, 1.165) is 0 Å². The molecule has 0 spiro atoms. The molecule has 0 radical (unpaired) electrons. The molecule has 0 aromatic carbocycles. The minimum absolute atomic E-state index is 0.220. The van der Waals surface area contributed by atoms with E-state index in [1.807, 2.05) is 0 Å². The van der Waals surface area contributed by atoms with Gasteiger partial charge in [0.15, 0.2) is 5.76 Å². The van der Waals surface area contributed by atoms with Crippen LogP contribution < -0.4 is 10.6 Å². The molecule has 2 N–H and O–H groups in total. The van der Waals surface area contributed by atoms with Gasteiger partial charge in [-0.05, 0) is 36.4 Å². The van der Waals surface area contributed by atoms with E-state index in [9.17, 15) is 9.59 Å². The minimum Gasteiger partial charge on any atom is -0.467 e. The molecule has 0 aliphatic rings. The fourth-order valence-corrected chi connectivity index (χ4v) is 2.59. The van der Waals surface area contributed by atoms with Crippen LogP contribution in [0.1, 0.15) is 26.0 Å². The molecule has 3 heterocycles. The van der Waals surface area contributed by atoms with Gasteiger partial charge in [-0.15, -0.1) is 11.3 Å². The third kappa shape index (κ3) is 3.26. The Morgan fingerprint density at radius 3 is 2.55 bits per heavy atom. The number of amides is 2. The van der Waals surface area contributed by atoms with Gasteiger partial charge in [-0.25, -0.2) is 0 Å². The van der Waals surface area contributed by atoms with Crippen molar-refractivity contribution in [2.45, 2.75) is 6.54 Å². The van der Waals surface area contributed by atoms with Gasteiger partial charge in [-0.1, -0.05) is 0 Å². The smallest absolute Gasteiger partial charge is 0.291 e. The van der Waals surface area contributed by atoms with Crippen LogP contribution >= 0.6 is 11.3 Å². The van der Waals surface area contributed by atoms with Crippen molar-refractivity contribution in [3.63, 3.8) is 0 Å². The predicted molar refractivity (Wildman–Crippen MR) is 80.9 cm³/mol. The number of nitrogens with one attached hydrogen (secondary N) is 2. The number of thiophene rings is 1. The van der Waals surface area contributed by atoms with Crippen LogP contribution in [-0.4, -0.2) is 11.8 Å². The highest BCUT2D eigenvalue weighted by Gasteiger charge is 2.13. The van der Waals surface area contributed by atoms with E-state index in [0.29, 0.717) is 22.2 Å². The molecule has 2 amide bonds. The normalized spacial score (nSPS) is 10.4. The quantitative estimate of drug-likeness (QED) is 0.757. The number of hydrogen-bond donors (Lipinski definition) is 2. The molecular formula is C15H12N2O4S. The molecule has 3 aromatic rings. The Morgan fingerprint density at radius 2 is 1.82 bits per heavy atom. The third-order valence-corrected chi connectivity index (χ3v) is 3.81. The second-order valence-electron chi connectivity index (χ2n) is 4.36. The second kappa shape index (κ2) is 6.31. The molecule has 0 saturated carbocycles. The highest BCUT2D eigenvalue weighted by molar-refractivity contribution is 7.18. The lowest BCUT2D eigenvalue weighted by atomic mass is 10.4. The Balaban J connectivity index is 1.58. The fraction of sp³-hybridized carbons (Fsp3) is 0.0667. The molecule has 112 valence electrons. The van der Waals surface area contributed by atoms with Crippen molar-refractivity contribution >= 4 is 28.2 Å². The van der Waals surface area contributed by atoms with Crippen LogP contribution in [0.3, 0.4) is 0 Å².